The number of hydrogen-bond acceptors (Lipinski definition) is 5. The van der Waals surface area contributed by atoms with Gasteiger partial charge in [0, 0.05) is 0 Å². The lowest BCUT2D eigenvalue weighted by atomic mass is 9.95. The molecule has 0 fully saturated rings. The van der Waals surface area contributed by atoms with E-state index in [4.69, 9.17) is 4.74 Å². The van der Waals surface area contributed by atoms with Crippen molar-refractivity contribution in [2.45, 2.75) is 33.2 Å². The maximum Gasteiger partial charge on any atom is 0.326 e. The molecular formula is C24H26N2O5. The SMILES string of the molecule is CCc1ccc([C@@H](NC(=O)COC(=O)CN2C(=O)c3ccccc3C2=O)C(C)C)cc1. The molecule has 3 rings (SSSR count). The van der Waals surface area contributed by atoms with Gasteiger partial charge in [0.05, 0.1) is 17.2 Å². The standard InChI is InChI=1S/C24H26N2O5/c1-4-16-9-11-17(12-10-16)22(15(2)3)25-20(27)14-31-21(28)13-26-23(29)18-7-5-6-8-19(18)24(26)30/h5-12,15,22H,4,13-14H2,1-3H3,(H,25,27)/t22-/m0/s1. The topological polar surface area (TPSA) is 92.8 Å². The van der Waals surface area contributed by atoms with Gasteiger partial charge >= 0.3 is 5.97 Å². The van der Waals surface area contributed by atoms with E-state index in [0.717, 1.165) is 16.9 Å². The molecule has 1 N–H and O–H groups in total. The van der Waals surface area contributed by atoms with Crippen LogP contribution in [0.5, 0.6) is 0 Å². The maximum absolute atomic E-state index is 12.4. The summed E-state index contributed by atoms with van der Waals surface area (Å²) in [5.41, 5.74) is 2.69. The highest BCUT2D eigenvalue weighted by atomic mass is 16.5. The molecule has 0 radical (unpaired) electrons. The lowest BCUT2D eigenvalue weighted by Gasteiger charge is -2.23. The Bertz CT molecular complexity index is 962. The normalized spacial score (nSPS) is 13.9. The lowest BCUT2D eigenvalue weighted by molar-refractivity contribution is -0.149. The minimum atomic E-state index is -0.821. The molecule has 1 heterocycles. The predicted molar refractivity (Wildman–Crippen MR) is 114 cm³/mol. The van der Waals surface area contributed by atoms with E-state index in [-0.39, 0.29) is 23.1 Å². The van der Waals surface area contributed by atoms with E-state index in [1.807, 2.05) is 38.1 Å². The molecule has 2 aromatic rings. The van der Waals surface area contributed by atoms with Crippen LogP contribution in [0.1, 0.15) is 58.7 Å². The summed E-state index contributed by atoms with van der Waals surface area (Å²) in [6.07, 6.45) is 0.933. The van der Waals surface area contributed by atoms with Crippen molar-refractivity contribution in [3.05, 3.63) is 70.8 Å². The Morgan fingerprint density at radius 1 is 0.968 bits per heavy atom. The predicted octanol–water partition coefficient (Wildman–Crippen LogP) is 2.90. The average molecular weight is 422 g/mol. The van der Waals surface area contributed by atoms with Crippen molar-refractivity contribution in [2.75, 3.05) is 13.2 Å². The van der Waals surface area contributed by atoms with Gasteiger partial charge in [-0.3, -0.25) is 24.1 Å². The zero-order valence-corrected chi connectivity index (χ0v) is 17.9. The molecule has 0 saturated carbocycles. The van der Waals surface area contributed by atoms with Gasteiger partial charge in [0.25, 0.3) is 17.7 Å². The van der Waals surface area contributed by atoms with Crippen LogP contribution in [0.2, 0.25) is 0 Å². The van der Waals surface area contributed by atoms with Crippen LogP contribution in [0.3, 0.4) is 0 Å². The third-order valence-corrected chi connectivity index (χ3v) is 5.26. The fraction of sp³-hybridized carbons (Fsp3) is 0.333. The first-order valence-corrected chi connectivity index (χ1v) is 10.3. The number of esters is 1. The second-order valence-electron chi connectivity index (χ2n) is 7.79. The third-order valence-electron chi connectivity index (χ3n) is 5.26. The minimum absolute atomic E-state index is 0.130. The number of amides is 3. The fourth-order valence-corrected chi connectivity index (χ4v) is 3.51. The number of fused-ring (bicyclic) bond motifs is 1. The molecule has 1 aliphatic rings. The van der Waals surface area contributed by atoms with Crippen LogP contribution in [-0.2, 0) is 20.7 Å². The van der Waals surface area contributed by atoms with Gasteiger partial charge in [-0.2, -0.15) is 0 Å². The molecule has 162 valence electrons. The van der Waals surface area contributed by atoms with Gasteiger partial charge in [0.1, 0.15) is 6.54 Å². The molecule has 7 heteroatoms. The van der Waals surface area contributed by atoms with Crippen LogP contribution in [0.25, 0.3) is 0 Å². The molecule has 3 amide bonds. The molecule has 0 unspecified atom stereocenters. The monoisotopic (exact) mass is 422 g/mol. The molecule has 0 bridgehead atoms. The highest BCUT2D eigenvalue weighted by Gasteiger charge is 2.36. The van der Waals surface area contributed by atoms with Gasteiger partial charge in [-0.05, 0) is 35.6 Å². The average Bonchev–Trinajstić information content (AvgIpc) is 3.01. The van der Waals surface area contributed by atoms with E-state index >= 15 is 0 Å². The Labute approximate surface area is 181 Å². The summed E-state index contributed by atoms with van der Waals surface area (Å²) < 4.78 is 5.02. The number of ether oxygens (including phenoxy) is 1. The summed E-state index contributed by atoms with van der Waals surface area (Å²) in [5.74, 6) is -2.23. The molecule has 0 spiro atoms. The number of imide groups is 1. The molecule has 1 aliphatic heterocycles. The first-order valence-electron chi connectivity index (χ1n) is 10.3. The van der Waals surface area contributed by atoms with Gasteiger partial charge < -0.3 is 10.1 Å². The summed E-state index contributed by atoms with van der Waals surface area (Å²) >= 11 is 0. The van der Waals surface area contributed by atoms with Crippen molar-refractivity contribution in [3.8, 4) is 0 Å². The summed E-state index contributed by atoms with van der Waals surface area (Å²) in [6, 6.07) is 14.2. The Balaban J connectivity index is 1.54. The quantitative estimate of drug-likeness (QED) is 0.522. The van der Waals surface area contributed by atoms with E-state index in [1.54, 1.807) is 12.1 Å². The van der Waals surface area contributed by atoms with E-state index in [0.29, 0.717) is 0 Å². The van der Waals surface area contributed by atoms with E-state index in [2.05, 4.69) is 12.2 Å². The van der Waals surface area contributed by atoms with E-state index < -0.39 is 36.8 Å². The Hall–Kier alpha value is -3.48. The molecule has 1 atom stereocenters. The largest absolute Gasteiger partial charge is 0.454 e. The van der Waals surface area contributed by atoms with Crippen LogP contribution >= 0.6 is 0 Å². The molecule has 0 aliphatic carbocycles. The van der Waals surface area contributed by atoms with Crippen molar-refractivity contribution < 1.29 is 23.9 Å². The van der Waals surface area contributed by atoms with E-state index in [1.165, 1.54) is 17.7 Å². The van der Waals surface area contributed by atoms with Crippen LogP contribution < -0.4 is 5.32 Å². The molecule has 31 heavy (non-hydrogen) atoms. The summed E-state index contributed by atoms with van der Waals surface area (Å²) in [7, 11) is 0. The highest BCUT2D eigenvalue weighted by molar-refractivity contribution is 6.22. The number of carbonyl (C=O) groups excluding carboxylic acids is 4. The molecule has 0 aromatic heterocycles. The van der Waals surface area contributed by atoms with Crippen molar-refractivity contribution in [1.82, 2.24) is 10.2 Å². The Kier molecular flexibility index (Phi) is 6.84. The first kappa shape index (κ1) is 22.2. The number of nitrogens with zero attached hydrogens (tertiary/aromatic N) is 1. The van der Waals surface area contributed by atoms with Gasteiger partial charge in [0.15, 0.2) is 6.61 Å². The van der Waals surface area contributed by atoms with Gasteiger partial charge in [-0.25, -0.2) is 0 Å². The van der Waals surface area contributed by atoms with Crippen molar-refractivity contribution in [3.63, 3.8) is 0 Å². The smallest absolute Gasteiger partial charge is 0.326 e. The Morgan fingerprint density at radius 2 is 1.55 bits per heavy atom. The summed E-state index contributed by atoms with van der Waals surface area (Å²) in [6.45, 7) is 5.04. The van der Waals surface area contributed by atoms with Crippen LogP contribution in [0.4, 0.5) is 0 Å². The minimum Gasteiger partial charge on any atom is -0.454 e. The van der Waals surface area contributed by atoms with E-state index in [9.17, 15) is 19.2 Å². The number of rotatable bonds is 8. The van der Waals surface area contributed by atoms with Gasteiger partial charge in [-0.15, -0.1) is 0 Å². The van der Waals surface area contributed by atoms with Crippen LogP contribution in [0.15, 0.2) is 48.5 Å². The second kappa shape index (κ2) is 9.55. The number of benzene rings is 2. The number of aryl methyl sites for hydroxylation is 1. The zero-order valence-electron chi connectivity index (χ0n) is 17.9. The lowest BCUT2D eigenvalue weighted by Crippen LogP contribution is -2.38. The number of nitrogens with one attached hydrogen (secondary N) is 1. The number of hydrogen-bond donors (Lipinski definition) is 1. The summed E-state index contributed by atoms with van der Waals surface area (Å²) in [5, 5.41) is 2.89. The van der Waals surface area contributed by atoms with Crippen molar-refractivity contribution in [1.29, 1.82) is 0 Å². The first-order chi connectivity index (χ1) is 14.8. The van der Waals surface area contributed by atoms with Crippen LogP contribution in [0, 0.1) is 5.92 Å². The zero-order chi connectivity index (χ0) is 22.5. The Morgan fingerprint density at radius 3 is 2.06 bits per heavy atom. The number of carbonyl (C=O) groups is 4. The van der Waals surface area contributed by atoms with Crippen LogP contribution in [-0.4, -0.2) is 41.7 Å². The van der Waals surface area contributed by atoms with Crippen molar-refractivity contribution >= 4 is 23.7 Å². The summed E-state index contributed by atoms with van der Waals surface area (Å²) in [4.78, 5) is 50.0. The van der Waals surface area contributed by atoms with Crippen molar-refractivity contribution in [2.24, 2.45) is 5.92 Å². The maximum atomic E-state index is 12.4. The molecule has 7 nitrogen and oxygen atoms in total. The molecule has 0 saturated heterocycles. The molecular weight excluding hydrogens is 396 g/mol. The second-order valence-corrected chi connectivity index (χ2v) is 7.79. The highest BCUT2D eigenvalue weighted by Crippen LogP contribution is 2.23. The fourth-order valence-electron chi connectivity index (χ4n) is 3.51. The molecule has 2 aromatic carbocycles. The van der Waals surface area contributed by atoms with Gasteiger partial charge in [0.2, 0.25) is 0 Å². The third kappa shape index (κ3) is 4.99. The van der Waals surface area contributed by atoms with Gasteiger partial charge in [-0.1, -0.05) is 57.2 Å².